The SMILES string of the molecule is CCCCCCCCCCCCCCCCCC(=O)Nc1nc(=O)n([C@@H]2O[C@H](C)C(O)C2O)cc1F. The van der Waals surface area contributed by atoms with E-state index in [0.29, 0.717) is 6.42 Å². The fourth-order valence-corrected chi connectivity index (χ4v) is 4.62. The molecule has 0 aromatic carbocycles. The second kappa shape index (κ2) is 16.8. The minimum atomic E-state index is -1.38. The third kappa shape index (κ3) is 10.3. The first-order valence-corrected chi connectivity index (χ1v) is 13.9. The normalized spacial score (nSPS) is 21.7. The van der Waals surface area contributed by atoms with E-state index in [4.69, 9.17) is 4.74 Å². The second-order valence-electron chi connectivity index (χ2n) is 10.1. The van der Waals surface area contributed by atoms with Crippen molar-refractivity contribution in [2.24, 2.45) is 0 Å². The Balaban J connectivity index is 1.55. The van der Waals surface area contributed by atoms with Gasteiger partial charge in [-0.2, -0.15) is 4.98 Å². The van der Waals surface area contributed by atoms with Crippen LogP contribution < -0.4 is 11.0 Å². The monoisotopic (exact) mass is 511 g/mol. The summed E-state index contributed by atoms with van der Waals surface area (Å²) in [6, 6.07) is 0. The van der Waals surface area contributed by atoms with Gasteiger partial charge in [0.15, 0.2) is 17.9 Å². The molecule has 1 aromatic heterocycles. The number of ether oxygens (including phenoxy) is 1. The molecule has 2 rings (SSSR count). The van der Waals surface area contributed by atoms with Crippen LogP contribution in [0, 0.1) is 5.82 Å². The first-order chi connectivity index (χ1) is 17.3. The second-order valence-corrected chi connectivity index (χ2v) is 10.1. The topological polar surface area (TPSA) is 114 Å². The molecular weight excluding hydrogens is 465 g/mol. The molecule has 2 unspecified atom stereocenters. The summed E-state index contributed by atoms with van der Waals surface area (Å²) in [5.41, 5.74) is -0.885. The predicted octanol–water partition coefficient (Wildman–Crippen LogP) is 5.22. The number of carbonyl (C=O) groups excluding carboxylic acids is 1. The summed E-state index contributed by atoms with van der Waals surface area (Å²) in [6.07, 6.45) is 15.1. The maximum absolute atomic E-state index is 14.5. The van der Waals surface area contributed by atoms with Gasteiger partial charge < -0.3 is 20.3 Å². The van der Waals surface area contributed by atoms with Gasteiger partial charge >= 0.3 is 5.69 Å². The molecule has 206 valence electrons. The maximum atomic E-state index is 14.5. The number of nitrogens with one attached hydrogen (secondary N) is 1. The van der Waals surface area contributed by atoms with Crippen LogP contribution in [0.25, 0.3) is 0 Å². The van der Waals surface area contributed by atoms with E-state index in [0.717, 1.165) is 30.0 Å². The van der Waals surface area contributed by atoms with E-state index in [1.165, 1.54) is 77.6 Å². The number of halogens is 1. The molecule has 1 aromatic rings. The quantitative estimate of drug-likeness (QED) is 0.233. The van der Waals surface area contributed by atoms with E-state index in [-0.39, 0.29) is 6.42 Å². The van der Waals surface area contributed by atoms with E-state index in [9.17, 15) is 24.2 Å². The van der Waals surface area contributed by atoms with Crippen LogP contribution in [-0.4, -0.2) is 44.0 Å². The summed E-state index contributed by atoms with van der Waals surface area (Å²) in [7, 11) is 0. The fraction of sp³-hybridized carbons (Fsp3) is 0.815. The predicted molar refractivity (Wildman–Crippen MR) is 138 cm³/mol. The number of aliphatic hydroxyl groups excluding tert-OH is 2. The lowest BCUT2D eigenvalue weighted by molar-refractivity contribution is -0.116. The van der Waals surface area contributed by atoms with Crippen LogP contribution >= 0.6 is 0 Å². The van der Waals surface area contributed by atoms with E-state index in [2.05, 4.69) is 17.2 Å². The third-order valence-electron chi connectivity index (χ3n) is 6.92. The molecule has 4 atom stereocenters. The third-order valence-corrected chi connectivity index (χ3v) is 6.92. The van der Waals surface area contributed by atoms with Crippen LogP contribution in [0.3, 0.4) is 0 Å². The Bertz CT molecular complexity index is 834. The molecule has 0 aliphatic carbocycles. The molecular formula is C27H46FN3O5. The van der Waals surface area contributed by atoms with Crippen molar-refractivity contribution in [1.82, 2.24) is 9.55 Å². The molecule has 9 heteroatoms. The van der Waals surface area contributed by atoms with Crippen molar-refractivity contribution in [2.45, 2.75) is 141 Å². The zero-order chi connectivity index (χ0) is 26.3. The Morgan fingerprint density at radius 3 is 1.92 bits per heavy atom. The number of unbranched alkanes of at least 4 members (excludes halogenated alkanes) is 14. The molecule has 0 radical (unpaired) electrons. The van der Waals surface area contributed by atoms with Crippen LogP contribution in [0.4, 0.5) is 10.2 Å². The Morgan fingerprint density at radius 2 is 1.44 bits per heavy atom. The number of hydrogen-bond donors (Lipinski definition) is 3. The number of nitrogens with zero attached hydrogens (tertiary/aromatic N) is 2. The van der Waals surface area contributed by atoms with Crippen molar-refractivity contribution >= 4 is 11.7 Å². The molecule has 36 heavy (non-hydrogen) atoms. The summed E-state index contributed by atoms with van der Waals surface area (Å²) < 4.78 is 20.6. The average Bonchev–Trinajstić information content (AvgIpc) is 3.10. The van der Waals surface area contributed by atoms with Crippen molar-refractivity contribution in [1.29, 1.82) is 0 Å². The standard InChI is InChI=1S/C27H46FN3O5/c1-3-4-5-6-7-8-9-10-11-12-13-14-15-16-17-18-22(32)29-25-21(28)19-31(27(35)30-25)26-24(34)23(33)20(2)36-26/h19-20,23-24,26,33-34H,3-18H2,1-2H3,(H,29,30,32,35)/t20-,23?,24?,26-/m1/s1. The van der Waals surface area contributed by atoms with Gasteiger partial charge in [-0.05, 0) is 13.3 Å². The van der Waals surface area contributed by atoms with Crippen LogP contribution in [0.2, 0.25) is 0 Å². The first-order valence-electron chi connectivity index (χ1n) is 13.9. The average molecular weight is 512 g/mol. The molecule has 0 bridgehead atoms. The molecule has 1 saturated heterocycles. The Hall–Kier alpha value is -1.84. The zero-order valence-electron chi connectivity index (χ0n) is 22.1. The van der Waals surface area contributed by atoms with Gasteiger partial charge in [-0.1, -0.05) is 96.8 Å². The molecule has 1 amide bonds. The number of hydrogen-bond acceptors (Lipinski definition) is 6. The van der Waals surface area contributed by atoms with Gasteiger partial charge in [-0.3, -0.25) is 9.36 Å². The molecule has 3 N–H and O–H groups in total. The highest BCUT2D eigenvalue weighted by atomic mass is 19.1. The fourth-order valence-electron chi connectivity index (χ4n) is 4.62. The van der Waals surface area contributed by atoms with Gasteiger partial charge in [-0.15, -0.1) is 0 Å². The summed E-state index contributed by atoms with van der Waals surface area (Å²) in [5.74, 6) is -1.75. The van der Waals surface area contributed by atoms with Crippen molar-refractivity contribution in [3.63, 3.8) is 0 Å². The molecule has 2 heterocycles. The number of rotatable bonds is 18. The van der Waals surface area contributed by atoms with E-state index >= 15 is 0 Å². The summed E-state index contributed by atoms with van der Waals surface area (Å²) >= 11 is 0. The molecule has 0 saturated carbocycles. The van der Waals surface area contributed by atoms with Gasteiger partial charge in [0.05, 0.1) is 12.3 Å². The van der Waals surface area contributed by atoms with Crippen LogP contribution in [0.5, 0.6) is 0 Å². The molecule has 8 nitrogen and oxygen atoms in total. The van der Waals surface area contributed by atoms with Gasteiger partial charge in [-0.25, -0.2) is 9.18 Å². The highest BCUT2D eigenvalue weighted by Gasteiger charge is 2.42. The lowest BCUT2D eigenvalue weighted by Gasteiger charge is -2.17. The van der Waals surface area contributed by atoms with Gasteiger partial charge in [0.25, 0.3) is 0 Å². The van der Waals surface area contributed by atoms with E-state index in [1.807, 2.05) is 0 Å². The Morgan fingerprint density at radius 1 is 0.944 bits per heavy atom. The minimum Gasteiger partial charge on any atom is -0.388 e. The van der Waals surface area contributed by atoms with E-state index in [1.54, 1.807) is 0 Å². The van der Waals surface area contributed by atoms with Crippen LogP contribution in [-0.2, 0) is 9.53 Å². The van der Waals surface area contributed by atoms with E-state index < -0.39 is 47.8 Å². The number of amides is 1. The number of carbonyl (C=O) groups is 1. The molecule has 1 fully saturated rings. The molecule has 0 spiro atoms. The molecule has 1 aliphatic heterocycles. The van der Waals surface area contributed by atoms with Crippen LogP contribution in [0.1, 0.15) is 123 Å². The highest BCUT2D eigenvalue weighted by molar-refractivity contribution is 5.89. The van der Waals surface area contributed by atoms with Gasteiger partial charge in [0, 0.05) is 6.42 Å². The molecule has 1 aliphatic rings. The number of anilines is 1. The van der Waals surface area contributed by atoms with Crippen molar-refractivity contribution < 1.29 is 24.1 Å². The number of aliphatic hydroxyl groups is 2. The first kappa shape index (κ1) is 30.4. The van der Waals surface area contributed by atoms with Crippen molar-refractivity contribution in [3.05, 3.63) is 22.5 Å². The maximum Gasteiger partial charge on any atom is 0.351 e. The lowest BCUT2D eigenvalue weighted by atomic mass is 10.0. The van der Waals surface area contributed by atoms with Gasteiger partial charge in [0.2, 0.25) is 5.91 Å². The highest BCUT2D eigenvalue weighted by Crippen LogP contribution is 2.28. The Kier molecular flexibility index (Phi) is 14.2. The smallest absolute Gasteiger partial charge is 0.351 e. The lowest BCUT2D eigenvalue weighted by Crippen LogP contribution is -2.36. The number of aromatic nitrogens is 2. The summed E-state index contributed by atoms with van der Waals surface area (Å²) in [6.45, 7) is 3.79. The Labute approximate surface area is 214 Å². The summed E-state index contributed by atoms with van der Waals surface area (Å²) in [5, 5.41) is 22.2. The summed E-state index contributed by atoms with van der Waals surface area (Å²) in [4.78, 5) is 28.0. The minimum absolute atomic E-state index is 0.233. The van der Waals surface area contributed by atoms with Crippen molar-refractivity contribution in [2.75, 3.05) is 5.32 Å². The van der Waals surface area contributed by atoms with Crippen molar-refractivity contribution in [3.8, 4) is 0 Å². The van der Waals surface area contributed by atoms with Gasteiger partial charge in [0.1, 0.15) is 12.2 Å². The zero-order valence-corrected chi connectivity index (χ0v) is 22.1. The van der Waals surface area contributed by atoms with Crippen LogP contribution in [0.15, 0.2) is 11.0 Å². The largest absolute Gasteiger partial charge is 0.388 e.